The number of likely N-dealkylation sites (N-methyl/N-ethyl adjacent to an activating group) is 1. The van der Waals surface area contributed by atoms with Crippen LogP contribution in [0, 0.1) is 0 Å². The third kappa shape index (κ3) is 6.05. The Bertz CT molecular complexity index is 73.7. The fourth-order valence-electron chi connectivity index (χ4n) is 0.886. The van der Waals surface area contributed by atoms with Gasteiger partial charge in [-0.05, 0) is 27.4 Å². The number of ether oxygens (including phenoxy) is 1. The van der Waals surface area contributed by atoms with Crippen molar-refractivity contribution >= 4 is 0 Å². The standard InChI is InChI=1S/C8H19NO/c1-5-6-10-8(2)7-9(3)4/h8H,5-7H2,1-4H3. The molecule has 0 aliphatic heterocycles. The van der Waals surface area contributed by atoms with Crippen LogP contribution in [0.3, 0.4) is 0 Å². The van der Waals surface area contributed by atoms with Gasteiger partial charge in [0.15, 0.2) is 0 Å². The van der Waals surface area contributed by atoms with Crippen molar-refractivity contribution in [1.29, 1.82) is 0 Å². The van der Waals surface area contributed by atoms with E-state index in [4.69, 9.17) is 4.74 Å². The van der Waals surface area contributed by atoms with Gasteiger partial charge in [-0.1, -0.05) is 6.92 Å². The molecular formula is C8H19NO. The van der Waals surface area contributed by atoms with E-state index in [0.29, 0.717) is 6.10 Å². The molecule has 0 amide bonds. The first-order chi connectivity index (χ1) is 4.66. The third-order valence-electron chi connectivity index (χ3n) is 1.23. The van der Waals surface area contributed by atoms with Crippen LogP contribution in [-0.4, -0.2) is 38.3 Å². The van der Waals surface area contributed by atoms with Crippen molar-refractivity contribution in [3.05, 3.63) is 0 Å². The van der Waals surface area contributed by atoms with E-state index < -0.39 is 0 Å². The van der Waals surface area contributed by atoms with Crippen molar-refractivity contribution in [1.82, 2.24) is 4.90 Å². The summed E-state index contributed by atoms with van der Waals surface area (Å²) in [6.07, 6.45) is 1.48. The molecule has 0 rings (SSSR count). The number of rotatable bonds is 5. The van der Waals surface area contributed by atoms with Gasteiger partial charge < -0.3 is 9.64 Å². The van der Waals surface area contributed by atoms with Crippen LogP contribution in [0.5, 0.6) is 0 Å². The summed E-state index contributed by atoms with van der Waals surface area (Å²) in [6, 6.07) is 0. The molecule has 2 heteroatoms. The largest absolute Gasteiger partial charge is 0.377 e. The molecule has 0 aromatic rings. The first kappa shape index (κ1) is 9.92. The second-order valence-electron chi connectivity index (χ2n) is 2.94. The lowest BCUT2D eigenvalue weighted by Crippen LogP contribution is -2.25. The van der Waals surface area contributed by atoms with E-state index in [1.54, 1.807) is 0 Å². The van der Waals surface area contributed by atoms with Crippen LogP contribution in [0.4, 0.5) is 0 Å². The first-order valence-electron chi connectivity index (χ1n) is 3.93. The van der Waals surface area contributed by atoms with E-state index in [1.807, 2.05) is 0 Å². The minimum Gasteiger partial charge on any atom is -0.377 e. The topological polar surface area (TPSA) is 12.5 Å². The predicted molar refractivity (Wildman–Crippen MR) is 44.3 cm³/mol. The first-order valence-corrected chi connectivity index (χ1v) is 3.93. The van der Waals surface area contributed by atoms with Crippen molar-refractivity contribution < 1.29 is 4.74 Å². The zero-order chi connectivity index (χ0) is 7.98. The highest BCUT2D eigenvalue weighted by molar-refractivity contribution is 4.52. The summed E-state index contributed by atoms with van der Waals surface area (Å²) >= 11 is 0. The molecule has 10 heavy (non-hydrogen) atoms. The molecule has 0 aliphatic rings. The molecule has 0 bridgehead atoms. The summed E-state index contributed by atoms with van der Waals surface area (Å²) in [4.78, 5) is 2.14. The Hall–Kier alpha value is -0.0800. The maximum Gasteiger partial charge on any atom is 0.0673 e. The quantitative estimate of drug-likeness (QED) is 0.579. The fourth-order valence-corrected chi connectivity index (χ4v) is 0.886. The summed E-state index contributed by atoms with van der Waals surface area (Å²) in [7, 11) is 4.12. The Balaban J connectivity index is 3.16. The van der Waals surface area contributed by atoms with E-state index in [9.17, 15) is 0 Å². The van der Waals surface area contributed by atoms with Crippen molar-refractivity contribution in [2.75, 3.05) is 27.2 Å². The molecule has 0 N–H and O–H groups in total. The molecule has 0 aromatic carbocycles. The number of hydrogen-bond donors (Lipinski definition) is 0. The Morgan fingerprint density at radius 1 is 1.40 bits per heavy atom. The lowest BCUT2D eigenvalue weighted by atomic mass is 10.4. The van der Waals surface area contributed by atoms with Crippen molar-refractivity contribution in [3.8, 4) is 0 Å². The molecular weight excluding hydrogens is 126 g/mol. The second-order valence-corrected chi connectivity index (χ2v) is 2.94. The third-order valence-corrected chi connectivity index (χ3v) is 1.23. The average molecular weight is 145 g/mol. The molecule has 1 atom stereocenters. The second kappa shape index (κ2) is 5.69. The van der Waals surface area contributed by atoms with Gasteiger partial charge in [0.1, 0.15) is 0 Å². The van der Waals surface area contributed by atoms with Gasteiger partial charge in [0.25, 0.3) is 0 Å². The van der Waals surface area contributed by atoms with Gasteiger partial charge in [0, 0.05) is 13.2 Å². The van der Waals surface area contributed by atoms with Crippen molar-refractivity contribution in [3.63, 3.8) is 0 Å². The molecule has 0 fully saturated rings. The van der Waals surface area contributed by atoms with Crippen molar-refractivity contribution in [2.45, 2.75) is 26.4 Å². The van der Waals surface area contributed by atoms with E-state index in [-0.39, 0.29) is 0 Å². The van der Waals surface area contributed by atoms with Crippen molar-refractivity contribution in [2.24, 2.45) is 0 Å². The van der Waals surface area contributed by atoms with Gasteiger partial charge in [-0.2, -0.15) is 0 Å². The Kier molecular flexibility index (Phi) is 5.64. The summed E-state index contributed by atoms with van der Waals surface area (Å²) in [5, 5.41) is 0. The average Bonchev–Trinajstić information content (AvgIpc) is 1.82. The molecule has 0 spiro atoms. The summed E-state index contributed by atoms with van der Waals surface area (Å²) in [5.74, 6) is 0. The molecule has 0 radical (unpaired) electrons. The highest BCUT2D eigenvalue weighted by Gasteiger charge is 2.01. The van der Waals surface area contributed by atoms with Crippen LogP contribution in [0.15, 0.2) is 0 Å². The van der Waals surface area contributed by atoms with Crippen LogP contribution in [0.2, 0.25) is 0 Å². The fraction of sp³-hybridized carbons (Fsp3) is 1.00. The van der Waals surface area contributed by atoms with Gasteiger partial charge in [0.2, 0.25) is 0 Å². The molecule has 0 saturated carbocycles. The maximum absolute atomic E-state index is 5.46. The van der Waals surface area contributed by atoms with Crippen LogP contribution < -0.4 is 0 Å². The molecule has 62 valence electrons. The zero-order valence-electron chi connectivity index (χ0n) is 7.55. The number of nitrogens with zero attached hydrogens (tertiary/aromatic N) is 1. The normalized spacial score (nSPS) is 14.1. The van der Waals surface area contributed by atoms with Crippen LogP contribution in [0.25, 0.3) is 0 Å². The minimum atomic E-state index is 0.370. The highest BCUT2D eigenvalue weighted by Crippen LogP contribution is 1.93. The zero-order valence-corrected chi connectivity index (χ0v) is 7.55. The van der Waals surface area contributed by atoms with Gasteiger partial charge in [-0.3, -0.25) is 0 Å². The molecule has 2 nitrogen and oxygen atoms in total. The maximum atomic E-state index is 5.46. The number of hydrogen-bond acceptors (Lipinski definition) is 2. The summed E-state index contributed by atoms with van der Waals surface area (Å²) < 4.78 is 5.46. The summed E-state index contributed by atoms with van der Waals surface area (Å²) in [6.45, 7) is 6.13. The Morgan fingerprint density at radius 2 is 2.00 bits per heavy atom. The van der Waals surface area contributed by atoms with Crippen LogP contribution in [-0.2, 0) is 4.74 Å². The molecule has 1 unspecified atom stereocenters. The van der Waals surface area contributed by atoms with Gasteiger partial charge >= 0.3 is 0 Å². The summed E-state index contributed by atoms with van der Waals surface area (Å²) in [5.41, 5.74) is 0. The van der Waals surface area contributed by atoms with E-state index in [0.717, 1.165) is 19.6 Å². The van der Waals surface area contributed by atoms with Crippen LogP contribution in [0.1, 0.15) is 20.3 Å². The van der Waals surface area contributed by atoms with Crippen LogP contribution >= 0.6 is 0 Å². The lowest BCUT2D eigenvalue weighted by molar-refractivity contribution is 0.0487. The van der Waals surface area contributed by atoms with E-state index >= 15 is 0 Å². The monoisotopic (exact) mass is 145 g/mol. The lowest BCUT2D eigenvalue weighted by Gasteiger charge is -2.16. The molecule has 0 saturated heterocycles. The Morgan fingerprint density at radius 3 is 2.40 bits per heavy atom. The molecule has 0 aliphatic carbocycles. The predicted octanol–water partition coefficient (Wildman–Crippen LogP) is 1.36. The molecule has 0 heterocycles. The minimum absolute atomic E-state index is 0.370. The highest BCUT2D eigenvalue weighted by atomic mass is 16.5. The smallest absolute Gasteiger partial charge is 0.0673 e. The van der Waals surface area contributed by atoms with Gasteiger partial charge in [-0.25, -0.2) is 0 Å². The van der Waals surface area contributed by atoms with E-state index in [2.05, 4.69) is 32.8 Å². The van der Waals surface area contributed by atoms with Gasteiger partial charge in [-0.15, -0.1) is 0 Å². The SMILES string of the molecule is CCCOC(C)CN(C)C. The van der Waals surface area contributed by atoms with E-state index in [1.165, 1.54) is 0 Å². The Labute approximate surface area is 64.2 Å². The molecule has 0 aromatic heterocycles. The van der Waals surface area contributed by atoms with Gasteiger partial charge in [0.05, 0.1) is 6.10 Å².